The van der Waals surface area contributed by atoms with E-state index in [9.17, 15) is 9.00 Å². The lowest BCUT2D eigenvalue weighted by atomic mass is 10.4. The molecule has 0 saturated heterocycles. The lowest BCUT2D eigenvalue weighted by Crippen LogP contribution is -2.26. The molecule has 17 heavy (non-hydrogen) atoms. The Hall–Kier alpha value is -1.32. The highest BCUT2D eigenvalue weighted by Gasteiger charge is 2.08. The van der Waals surface area contributed by atoms with Crippen LogP contribution >= 0.6 is 11.6 Å². The topological polar surface area (TPSA) is 64.0 Å². The fourth-order valence-corrected chi connectivity index (χ4v) is 1.73. The zero-order valence-electron chi connectivity index (χ0n) is 9.27. The molecular weight excluding hydrogens is 262 g/mol. The molecule has 1 aromatic rings. The summed E-state index contributed by atoms with van der Waals surface area (Å²) in [6.45, 7) is 0.489. The van der Waals surface area contributed by atoms with Gasteiger partial charge in [-0.1, -0.05) is 17.5 Å². The monoisotopic (exact) mass is 273 g/mol. The summed E-state index contributed by atoms with van der Waals surface area (Å²) < 4.78 is 12.0. The van der Waals surface area contributed by atoms with Crippen molar-refractivity contribution in [2.24, 2.45) is 0 Å². The van der Waals surface area contributed by atoms with Gasteiger partial charge >= 0.3 is 0 Å². The highest BCUT2D eigenvalue weighted by Crippen LogP contribution is 2.14. The lowest BCUT2D eigenvalue weighted by molar-refractivity contribution is 0.664. The molecular formula is C10H12ClN3O2S. The number of nitrogens with one attached hydrogen (secondary N) is 1. The van der Waals surface area contributed by atoms with Gasteiger partial charge in [-0.15, -0.1) is 6.42 Å². The smallest absolute Gasteiger partial charge is 0.292 e. The van der Waals surface area contributed by atoms with Crippen LogP contribution in [0.4, 0.5) is 5.69 Å². The maximum Gasteiger partial charge on any atom is 0.292 e. The molecule has 0 aromatic carbocycles. The van der Waals surface area contributed by atoms with E-state index in [4.69, 9.17) is 18.0 Å². The van der Waals surface area contributed by atoms with Crippen molar-refractivity contribution < 1.29 is 4.21 Å². The molecule has 0 radical (unpaired) electrons. The van der Waals surface area contributed by atoms with Crippen LogP contribution in [0.25, 0.3) is 0 Å². The first kappa shape index (κ1) is 13.7. The molecule has 5 nitrogen and oxygen atoms in total. The number of anilines is 1. The minimum absolute atomic E-state index is 0.0877. The maximum atomic E-state index is 11.8. The predicted molar refractivity (Wildman–Crippen MR) is 69.8 cm³/mol. The van der Waals surface area contributed by atoms with E-state index in [0.717, 1.165) is 4.68 Å². The second kappa shape index (κ2) is 6.42. The fourth-order valence-electron chi connectivity index (χ4n) is 1.15. The Morgan fingerprint density at radius 1 is 1.71 bits per heavy atom. The van der Waals surface area contributed by atoms with Crippen molar-refractivity contribution in [1.82, 2.24) is 9.78 Å². The van der Waals surface area contributed by atoms with Gasteiger partial charge < -0.3 is 5.32 Å². The molecule has 0 aliphatic carbocycles. The van der Waals surface area contributed by atoms with E-state index in [1.807, 2.05) is 0 Å². The summed E-state index contributed by atoms with van der Waals surface area (Å²) in [5, 5.41) is 6.87. The second-order valence-corrected chi connectivity index (χ2v) is 5.20. The van der Waals surface area contributed by atoms with Crippen LogP contribution in [0.5, 0.6) is 0 Å². The summed E-state index contributed by atoms with van der Waals surface area (Å²) >= 11 is 5.85. The molecule has 0 aliphatic heterocycles. The van der Waals surface area contributed by atoms with Gasteiger partial charge in [-0.2, -0.15) is 5.10 Å². The molecule has 0 fully saturated rings. The van der Waals surface area contributed by atoms with Crippen molar-refractivity contribution >= 4 is 28.1 Å². The first-order valence-corrected chi connectivity index (χ1v) is 6.89. The molecule has 0 spiro atoms. The van der Waals surface area contributed by atoms with Crippen molar-refractivity contribution in [3.05, 3.63) is 21.6 Å². The van der Waals surface area contributed by atoms with Crippen molar-refractivity contribution in [1.29, 1.82) is 0 Å². The van der Waals surface area contributed by atoms with Crippen LogP contribution in [-0.4, -0.2) is 32.5 Å². The van der Waals surface area contributed by atoms with Crippen LogP contribution in [0.3, 0.4) is 0 Å². The fraction of sp³-hybridized carbons (Fsp3) is 0.400. The van der Waals surface area contributed by atoms with Gasteiger partial charge in [0.15, 0.2) is 0 Å². The molecule has 0 bridgehead atoms. The van der Waals surface area contributed by atoms with Gasteiger partial charge in [0.25, 0.3) is 5.56 Å². The summed E-state index contributed by atoms with van der Waals surface area (Å²) in [5.74, 6) is 2.76. The summed E-state index contributed by atoms with van der Waals surface area (Å²) in [4.78, 5) is 11.8. The minimum atomic E-state index is -0.924. The molecule has 1 rings (SSSR count). The van der Waals surface area contributed by atoms with Gasteiger partial charge in [-0.05, 0) is 0 Å². The highest BCUT2D eigenvalue weighted by molar-refractivity contribution is 7.84. The number of hydrogen-bond donors (Lipinski definition) is 1. The normalized spacial score (nSPS) is 11.8. The Kier molecular flexibility index (Phi) is 5.19. The second-order valence-electron chi connectivity index (χ2n) is 3.24. The Morgan fingerprint density at radius 2 is 2.41 bits per heavy atom. The zero-order chi connectivity index (χ0) is 12.8. The molecule has 92 valence electrons. The molecule has 1 heterocycles. The van der Waals surface area contributed by atoms with E-state index in [1.165, 1.54) is 6.20 Å². The van der Waals surface area contributed by atoms with Crippen LogP contribution < -0.4 is 10.9 Å². The van der Waals surface area contributed by atoms with Crippen molar-refractivity contribution in [2.45, 2.75) is 6.54 Å². The molecule has 1 N–H and O–H groups in total. The van der Waals surface area contributed by atoms with Crippen molar-refractivity contribution in [3.63, 3.8) is 0 Å². The number of nitrogens with zero attached hydrogens (tertiary/aromatic N) is 2. The first-order valence-electron chi connectivity index (χ1n) is 4.79. The van der Waals surface area contributed by atoms with Crippen molar-refractivity contribution in [2.75, 3.05) is 23.9 Å². The van der Waals surface area contributed by atoms with E-state index >= 15 is 0 Å². The summed E-state index contributed by atoms with van der Waals surface area (Å²) in [5.41, 5.74) is -0.139. The van der Waals surface area contributed by atoms with E-state index in [-0.39, 0.29) is 22.8 Å². The third kappa shape index (κ3) is 3.88. The van der Waals surface area contributed by atoms with Crippen LogP contribution in [0, 0.1) is 12.3 Å². The number of halogens is 1. The van der Waals surface area contributed by atoms with E-state index in [0.29, 0.717) is 12.3 Å². The van der Waals surface area contributed by atoms with Gasteiger partial charge in [-0.25, -0.2) is 4.68 Å². The van der Waals surface area contributed by atoms with Gasteiger partial charge in [0.2, 0.25) is 0 Å². The standard InChI is InChI=1S/C10H12ClN3O2S/c1-3-5-14-10(15)9(8(11)7-13-14)12-4-6-17(2)16/h1,7,12H,4-6H2,2H3. The number of terminal acetylenes is 1. The Labute approximate surface area is 107 Å². The van der Waals surface area contributed by atoms with Crippen LogP contribution in [0.1, 0.15) is 0 Å². The third-order valence-electron chi connectivity index (χ3n) is 1.93. The van der Waals surface area contributed by atoms with E-state index < -0.39 is 10.8 Å². The molecule has 1 unspecified atom stereocenters. The lowest BCUT2D eigenvalue weighted by Gasteiger charge is -2.08. The van der Waals surface area contributed by atoms with Gasteiger partial charge in [0.05, 0.1) is 11.2 Å². The third-order valence-corrected chi connectivity index (χ3v) is 3.00. The Bertz CT molecular complexity index is 521. The number of rotatable bonds is 5. The molecule has 0 aliphatic rings. The van der Waals surface area contributed by atoms with Gasteiger partial charge in [0.1, 0.15) is 12.2 Å². The Balaban J connectivity index is 2.90. The van der Waals surface area contributed by atoms with E-state index in [2.05, 4.69) is 16.3 Å². The van der Waals surface area contributed by atoms with Crippen LogP contribution in [-0.2, 0) is 17.3 Å². The van der Waals surface area contributed by atoms with Crippen molar-refractivity contribution in [3.8, 4) is 12.3 Å². The van der Waals surface area contributed by atoms with Crippen LogP contribution in [0.15, 0.2) is 11.0 Å². The molecule has 0 amide bonds. The Morgan fingerprint density at radius 3 is 3.00 bits per heavy atom. The predicted octanol–water partition coefficient (Wildman–Crippen LogP) is 0.320. The summed E-state index contributed by atoms with van der Waals surface area (Å²) in [6.07, 6.45) is 8.06. The number of aromatic nitrogens is 2. The maximum absolute atomic E-state index is 11.8. The van der Waals surface area contributed by atoms with E-state index in [1.54, 1.807) is 6.26 Å². The molecule has 0 saturated carbocycles. The SMILES string of the molecule is C#CCn1ncc(Cl)c(NCCS(C)=O)c1=O. The van der Waals surface area contributed by atoms with Gasteiger partial charge in [-0.3, -0.25) is 9.00 Å². The molecule has 1 atom stereocenters. The number of hydrogen-bond acceptors (Lipinski definition) is 4. The molecule has 1 aromatic heterocycles. The average Bonchev–Trinajstić information content (AvgIpc) is 2.27. The first-order chi connectivity index (χ1) is 8.06. The van der Waals surface area contributed by atoms with Crippen LogP contribution in [0.2, 0.25) is 5.02 Å². The minimum Gasteiger partial charge on any atom is -0.378 e. The summed E-state index contributed by atoms with van der Waals surface area (Å²) in [6, 6.07) is 0. The molecule has 7 heteroatoms. The van der Waals surface area contributed by atoms with Gasteiger partial charge in [0, 0.05) is 29.4 Å². The zero-order valence-corrected chi connectivity index (χ0v) is 10.8. The average molecular weight is 274 g/mol. The summed E-state index contributed by atoms with van der Waals surface area (Å²) in [7, 11) is -0.924. The largest absolute Gasteiger partial charge is 0.378 e. The highest BCUT2D eigenvalue weighted by atomic mass is 35.5. The quantitative estimate of drug-likeness (QED) is 0.785.